The van der Waals surface area contributed by atoms with Gasteiger partial charge in [-0.25, -0.2) is 0 Å². The fraction of sp³-hybridized carbons (Fsp3) is 0.0667. The maximum atomic E-state index is 11.2. The molecule has 19 heavy (non-hydrogen) atoms. The Balaban J connectivity index is 2.13. The van der Waals surface area contributed by atoms with E-state index in [1.807, 2.05) is 42.2 Å². The lowest BCUT2D eigenvalue weighted by Gasteiger charge is -2.04. The normalized spacial score (nSPS) is 10.8. The van der Waals surface area contributed by atoms with E-state index in [1.54, 1.807) is 12.1 Å². The van der Waals surface area contributed by atoms with Crippen LogP contribution in [0.1, 0.15) is 10.4 Å². The lowest BCUT2D eigenvalue weighted by Crippen LogP contribution is -2.10. The van der Waals surface area contributed by atoms with Crippen molar-refractivity contribution in [1.82, 2.24) is 9.78 Å². The Morgan fingerprint density at radius 2 is 1.95 bits per heavy atom. The van der Waals surface area contributed by atoms with E-state index in [2.05, 4.69) is 11.2 Å². The molecule has 3 aromatic rings. The standard InChI is InChI=1S/C15H13N3O/c1-18-14-6-5-11(8-13(14)9-17-18)10-3-2-4-12(7-10)15(16)19/h2-9H,1H3,(H2,16,19). The van der Waals surface area contributed by atoms with Crippen molar-refractivity contribution in [1.29, 1.82) is 0 Å². The maximum Gasteiger partial charge on any atom is 0.248 e. The molecule has 1 heterocycles. The number of benzene rings is 2. The Kier molecular flexibility index (Phi) is 2.56. The molecule has 0 radical (unpaired) electrons. The fourth-order valence-electron chi connectivity index (χ4n) is 2.20. The van der Waals surface area contributed by atoms with Crippen LogP contribution in [0.3, 0.4) is 0 Å². The molecular formula is C15H13N3O. The van der Waals surface area contributed by atoms with Gasteiger partial charge in [-0.1, -0.05) is 18.2 Å². The van der Waals surface area contributed by atoms with Gasteiger partial charge in [-0.2, -0.15) is 5.10 Å². The average molecular weight is 251 g/mol. The Labute approximate surface area is 110 Å². The summed E-state index contributed by atoms with van der Waals surface area (Å²) in [4.78, 5) is 11.2. The molecule has 2 N–H and O–H groups in total. The van der Waals surface area contributed by atoms with Crippen molar-refractivity contribution in [3.63, 3.8) is 0 Å². The first-order valence-corrected chi connectivity index (χ1v) is 5.97. The summed E-state index contributed by atoms with van der Waals surface area (Å²) in [6.07, 6.45) is 1.83. The lowest BCUT2D eigenvalue weighted by atomic mass is 10.0. The fourth-order valence-corrected chi connectivity index (χ4v) is 2.20. The van der Waals surface area contributed by atoms with Gasteiger partial charge in [0, 0.05) is 18.0 Å². The highest BCUT2D eigenvalue weighted by atomic mass is 16.1. The first-order valence-electron chi connectivity index (χ1n) is 5.97. The predicted molar refractivity (Wildman–Crippen MR) is 74.7 cm³/mol. The molecule has 94 valence electrons. The van der Waals surface area contributed by atoms with Crippen molar-refractivity contribution in [2.24, 2.45) is 12.8 Å². The third kappa shape index (κ3) is 1.97. The van der Waals surface area contributed by atoms with Crippen LogP contribution in [-0.4, -0.2) is 15.7 Å². The van der Waals surface area contributed by atoms with Gasteiger partial charge in [-0.05, 0) is 35.4 Å². The number of aryl methyl sites for hydroxylation is 1. The van der Waals surface area contributed by atoms with Gasteiger partial charge in [0.05, 0.1) is 11.7 Å². The van der Waals surface area contributed by atoms with E-state index in [-0.39, 0.29) is 0 Å². The molecule has 3 rings (SSSR count). The molecule has 0 saturated heterocycles. The summed E-state index contributed by atoms with van der Waals surface area (Å²) >= 11 is 0. The molecule has 0 atom stereocenters. The van der Waals surface area contributed by atoms with Gasteiger partial charge in [0.15, 0.2) is 0 Å². The van der Waals surface area contributed by atoms with Gasteiger partial charge < -0.3 is 5.73 Å². The molecule has 2 aromatic carbocycles. The number of hydrogen-bond acceptors (Lipinski definition) is 2. The Hall–Kier alpha value is -2.62. The largest absolute Gasteiger partial charge is 0.366 e. The quantitative estimate of drug-likeness (QED) is 0.760. The van der Waals surface area contributed by atoms with E-state index < -0.39 is 5.91 Å². The van der Waals surface area contributed by atoms with Crippen LogP contribution in [0.2, 0.25) is 0 Å². The number of rotatable bonds is 2. The zero-order chi connectivity index (χ0) is 13.4. The molecule has 4 nitrogen and oxygen atoms in total. The second-order valence-electron chi connectivity index (χ2n) is 4.49. The molecule has 0 aliphatic rings. The Morgan fingerprint density at radius 3 is 2.74 bits per heavy atom. The van der Waals surface area contributed by atoms with Crippen LogP contribution in [-0.2, 0) is 7.05 Å². The lowest BCUT2D eigenvalue weighted by molar-refractivity contribution is 0.100. The zero-order valence-corrected chi connectivity index (χ0v) is 10.5. The summed E-state index contributed by atoms with van der Waals surface area (Å²) in [6, 6.07) is 13.4. The number of nitrogens with zero attached hydrogens (tertiary/aromatic N) is 2. The van der Waals surface area contributed by atoms with Crippen LogP contribution >= 0.6 is 0 Å². The Morgan fingerprint density at radius 1 is 1.16 bits per heavy atom. The van der Waals surface area contributed by atoms with Crippen molar-refractivity contribution in [3.8, 4) is 11.1 Å². The summed E-state index contributed by atoms with van der Waals surface area (Å²) in [6.45, 7) is 0. The summed E-state index contributed by atoms with van der Waals surface area (Å²) in [5, 5.41) is 5.29. The average Bonchev–Trinajstić information content (AvgIpc) is 2.80. The third-order valence-corrected chi connectivity index (χ3v) is 3.23. The summed E-state index contributed by atoms with van der Waals surface area (Å²) in [5.41, 5.74) is 8.92. The van der Waals surface area contributed by atoms with E-state index in [0.717, 1.165) is 22.0 Å². The minimum Gasteiger partial charge on any atom is -0.366 e. The smallest absolute Gasteiger partial charge is 0.248 e. The number of hydrogen-bond donors (Lipinski definition) is 1. The van der Waals surface area contributed by atoms with E-state index in [0.29, 0.717) is 5.56 Å². The number of primary amides is 1. The number of aromatic nitrogens is 2. The molecule has 0 saturated carbocycles. The van der Waals surface area contributed by atoms with Crippen molar-refractivity contribution in [3.05, 3.63) is 54.2 Å². The molecule has 1 aromatic heterocycles. The summed E-state index contributed by atoms with van der Waals surface area (Å²) < 4.78 is 1.83. The molecule has 4 heteroatoms. The number of fused-ring (bicyclic) bond motifs is 1. The topological polar surface area (TPSA) is 60.9 Å². The van der Waals surface area contributed by atoms with E-state index in [4.69, 9.17) is 5.73 Å². The molecule has 0 aliphatic heterocycles. The van der Waals surface area contributed by atoms with Gasteiger partial charge in [0.2, 0.25) is 5.91 Å². The molecule has 0 unspecified atom stereocenters. The number of carbonyl (C=O) groups is 1. The van der Waals surface area contributed by atoms with Crippen molar-refractivity contribution < 1.29 is 4.79 Å². The van der Waals surface area contributed by atoms with E-state index in [1.165, 1.54) is 0 Å². The second kappa shape index (κ2) is 4.24. The van der Waals surface area contributed by atoms with E-state index in [9.17, 15) is 4.79 Å². The van der Waals surface area contributed by atoms with Crippen molar-refractivity contribution in [2.45, 2.75) is 0 Å². The van der Waals surface area contributed by atoms with Gasteiger partial charge in [-0.3, -0.25) is 9.48 Å². The van der Waals surface area contributed by atoms with Crippen LogP contribution < -0.4 is 5.73 Å². The van der Waals surface area contributed by atoms with Gasteiger partial charge in [0.1, 0.15) is 0 Å². The van der Waals surface area contributed by atoms with Crippen LogP contribution in [0.15, 0.2) is 48.7 Å². The molecule has 1 amide bonds. The first-order chi connectivity index (χ1) is 9.15. The molecule has 0 spiro atoms. The van der Waals surface area contributed by atoms with Gasteiger partial charge in [-0.15, -0.1) is 0 Å². The molecule has 0 aliphatic carbocycles. The molecular weight excluding hydrogens is 238 g/mol. The highest BCUT2D eigenvalue weighted by Crippen LogP contribution is 2.24. The molecule has 0 fully saturated rings. The minimum absolute atomic E-state index is 0.413. The van der Waals surface area contributed by atoms with Crippen LogP contribution in [0.5, 0.6) is 0 Å². The highest BCUT2D eigenvalue weighted by Gasteiger charge is 2.05. The monoisotopic (exact) mass is 251 g/mol. The SMILES string of the molecule is Cn1ncc2cc(-c3cccc(C(N)=O)c3)ccc21. The third-order valence-electron chi connectivity index (χ3n) is 3.23. The van der Waals surface area contributed by atoms with Crippen molar-refractivity contribution in [2.75, 3.05) is 0 Å². The van der Waals surface area contributed by atoms with Crippen LogP contribution in [0, 0.1) is 0 Å². The van der Waals surface area contributed by atoms with Crippen LogP contribution in [0.25, 0.3) is 22.0 Å². The van der Waals surface area contributed by atoms with Gasteiger partial charge >= 0.3 is 0 Å². The predicted octanol–water partition coefficient (Wildman–Crippen LogP) is 2.34. The second-order valence-corrected chi connectivity index (χ2v) is 4.49. The Bertz CT molecular complexity index is 774. The van der Waals surface area contributed by atoms with E-state index >= 15 is 0 Å². The minimum atomic E-state index is -0.413. The number of nitrogens with two attached hydrogens (primary N) is 1. The van der Waals surface area contributed by atoms with Gasteiger partial charge in [0.25, 0.3) is 0 Å². The molecule has 0 bridgehead atoms. The van der Waals surface area contributed by atoms with Crippen LogP contribution in [0.4, 0.5) is 0 Å². The zero-order valence-electron chi connectivity index (χ0n) is 10.5. The van der Waals surface area contributed by atoms with Crippen molar-refractivity contribution >= 4 is 16.8 Å². The first kappa shape index (κ1) is 11.5. The maximum absolute atomic E-state index is 11.2. The number of amides is 1. The summed E-state index contributed by atoms with van der Waals surface area (Å²) in [7, 11) is 1.91. The summed E-state index contributed by atoms with van der Waals surface area (Å²) in [5.74, 6) is -0.413. The highest BCUT2D eigenvalue weighted by molar-refractivity contribution is 5.94. The number of carbonyl (C=O) groups excluding carboxylic acids is 1.